The molecular weight excluding hydrogens is 737 g/mol. The molecule has 0 amide bonds. The lowest BCUT2D eigenvalue weighted by atomic mass is 9.77. The van der Waals surface area contributed by atoms with Crippen LogP contribution in [0.5, 0.6) is 0 Å². The monoisotopic (exact) mass is 835 g/mol. The second-order valence-electron chi connectivity index (χ2n) is 18.8. The zero-order valence-electron chi connectivity index (χ0n) is 43.0. The molecule has 344 valence electrons. The van der Waals surface area contributed by atoms with E-state index in [1.807, 2.05) is 27.7 Å². The number of hydrogen-bond donors (Lipinski definition) is 1. The minimum atomic E-state index is 0.381. The number of nitrogens with one attached hydrogen (secondary N) is 1. The van der Waals surface area contributed by atoms with E-state index in [-0.39, 0.29) is 0 Å². The van der Waals surface area contributed by atoms with Crippen molar-refractivity contribution in [2.75, 3.05) is 0 Å². The van der Waals surface area contributed by atoms with Crippen LogP contribution in [0.4, 0.5) is 0 Å². The van der Waals surface area contributed by atoms with Gasteiger partial charge in [0.15, 0.2) is 0 Å². The Morgan fingerprint density at radius 3 is 1.85 bits per heavy atom. The van der Waals surface area contributed by atoms with Crippen LogP contribution in [0.1, 0.15) is 216 Å². The Kier molecular flexibility index (Phi) is 28.1. The Morgan fingerprint density at radius 2 is 1.39 bits per heavy atom. The average molecular weight is 835 g/mol. The maximum atomic E-state index is 4.18. The summed E-state index contributed by atoms with van der Waals surface area (Å²) >= 11 is 0. The molecule has 61 heavy (non-hydrogen) atoms. The van der Waals surface area contributed by atoms with Crippen LogP contribution in [-0.2, 0) is 0 Å². The fraction of sp³-hybridized carbons (Fsp3) is 0.627. The Balaban J connectivity index is 0.000000483. The highest BCUT2D eigenvalue weighted by molar-refractivity contribution is 5.67. The molecule has 4 unspecified atom stereocenters. The van der Waals surface area contributed by atoms with Gasteiger partial charge >= 0.3 is 0 Å². The summed E-state index contributed by atoms with van der Waals surface area (Å²) < 4.78 is 0. The summed E-state index contributed by atoms with van der Waals surface area (Å²) in [5.41, 5.74) is 12.8. The van der Waals surface area contributed by atoms with Crippen molar-refractivity contribution in [1.82, 2.24) is 10.2 Å². The van der Waals surface area contributed by atoms with Gasteiger partial charge in [-0.1, -0.05) is 215 Å². The second kappa shape index (κ2) is 30.7. The van der Waals surface area contributed by atoms with Crippen LogP contribution in [0, 0.1) is 36.5 Å². The molecule has 1 N–H and O–H groups in total. The van der Waals surface area contributed by atoms with Gasteiger partial charge in [-0.05, 0) is 133 Å². The van der Waals surface area contributed by atoms with Gasteiger partial charge < -0.3 is 10.2 Å². The van der Waals surface area contributed by atoms with Crippen LogP contribution in [-0.4, -0.2) is 11.1 Å². The zero-order valence-corrected chi connectivity index (χ0v) is 43.0. The lowest BCUT2D eigenvalue weighted by Crippen LogP contribution is -2.36. The molecular formula is C59H98N2. The Bertz CT molecular complexity index is 1570. The molecule has 0 saturated heterocycles. The van der Waals surface area contributed by atoms with E-state index in [4.69, 9.17) is 0 Å². The molecule has 0 bridgehead atoms. The van der Waals surface area contributed by atoms with Crippen LogP contribution < -0.4 is 5.32 Å². The van der Waals surface area contributed by atoms with Gasteiger partial charge in [0, 0.05) is 18.1 Å². The first-order valence-electron chi connectivity index (χ1n) is 25.3. The Morgan fingerprint density at radius 1 is 0.820 bits per heavy atom. The topological polar surface area (TPSA) is 15.3 Å². The summed E-state index contributed by atoms with van der Waals surface area (Å²) in [6, 6.07) is 15.4. The maximum Gasteiger partial charge on any atom is 0.103 e. The molecule has 3 aliphatic rings. The van der Waals surface area contributed by atoms with E-state index in [9.17, 15) is 0 Å². The molecule has 0 radical (unpaired) electrons. The minimum absolute atomic E-state index is 0.381. The summed E-state index contributed by atoms with van der Waals surface area (Å²) in [5.74, 6) is 4.97. The predicted molar refractivity (Wildman–Crippen MR) is 277 cm³/mol. The van der Waals surface area contributed by atoms with Gasteiger partial charge in [0.25, 0.3) is 0 Å². The summed E-state index contributed by atoms with van der Waals surface area (Å²) in [6.45, 7) is 43.6. The van der Waals surface area contributed by atoms with Gasteiger partial charge in [-0.2, -0.15) is 0 Å². The smallest absolute Gasteiger partial charge is 0.103 e. The predicted octanol–water partition coefficient (Wildman–Crippen LogP) is 18.9. The quantitative estimate of drug-likeness (QED) is 0.0970. The second-order valence-corrected chi connectivity index (χ2v) is 18.8. The van der Waals surface area contributed by atoms with Crippen LogP contribution in [0.3, 0.4) is 0 Å². The molecule has 2 aliphatic carbocycles. The van der Waals surface area contributed by atoms with E-state index in [1.165, 1.54) is 134 Å². The molecule has 1 heterocycles. The third kappa shape index (κ3) is 18.5. The molecule has 2 heteroatoms. The third-order valence-corrected chi connectivity index (χ3v) is 13.0. The van der Waals surface area contributed by atoms with E-state index < -0.39 is 0 Å². The fourth-order valence-corrected chi connectivity index (χ4v) is 9.12. The van der Waals surface area contributed by atoms with Gasteiger partial charge in [0.05, 0.1) is 0 Å². The van der Waals surface area contributed by atoms with Crippen LogP contribution in [0.25, 0.3) is 11.1 Å². The molecule has 2 aromatic rings. The Labute approximate surface area is 381 Å². The molecule has 0 spiro atoms. The normalized spacial score (nSPS) is 19.2. The van der Waals surface area contributed by atoms with Crippen LogP contribution in [0.15, 0.2) is 103 Å². The van der Waals surface area contributed by atoms with Crippen molar-refractivity contribution < 1.29 is 0 Å². The maximum absolute atomic E-state index is 4.18. The lowest BCUT2D eigenvalue weighted by Gasteiger charge is -2.33. The van der Waals surface area contributed by atoms with Crippen molar-refractivity contribution in [2.45, 2.75) is 212 Å². The highest BCUT2D eigenvalue weighted by atomic mass is 15.3. The van der Waals surface area contributed by atoms with Crippen molar-refractivity contribution >= 4 is 0 Å². The summed E-state index contributed by atoms with van der Waals surface area (Å²) in [5, 5.41) is 3.61. The SMILES string of the molecule is C=C(C)C1CCCCC1C.C=C/C(=C(\C(=C/C)C(C)C)N1C=CNC1CCCCCCC(C)CC)C1CC1.CC.CC.Cc1c(C(C)C)cc(-c2ccccc2)cc1C(C)C. The summed E-state index contributed by atoms with van der Waals surface area (Å²) in [7, 11) is 0. The van der Waals surface area contributed by atoms with Crippen molar-refractivity contribution in [3.63, 3.8) is 0 Å². The largest absolute Gasteiger partial charge is 0.370 e. The highest BCUT2D eigenvalue weighted by Crippen LogP contribution is 2.43. The molecule has 0 aromatic heterocycles. The standard InChI is InChI=1S/C26H44N2.C19H24.C10H18.2C2H6/c1-7-21(6)14-12-10-11-13-15-25-27-18-19-28(25)26(23(8-2)20(4)5)24(9-3)22-16-17-22;1-13(2)18-11-17(16-9-7-6-8-10-16)12-19(14(3)4)15(18)5;1-8(2)10-7-5-4-6-9(10)3;2*1-2/h8-9,18-22,25,27H,3,7,10-17H2,1-2,4-6H3;6-14H,1-5H3;9-10H,1,4-7H2,2-3H3;2*1-2H3/b23-8-,26-24-;;;;. The third-order valence-electron chi connectivity index (χ3n) is 13.0. The number of allylic oxidation sites excluding steroid dienone is 5. The molecule has 2 saturated carbocycles. The van der Waals surface area contributed by atoms with Crippen LogP contribution in [0.2, 0.25) is 0 Å². The zero-order chi connectivity index (χ0) is 46.1. The number of nitrogens with zero attached hydrogens (tertiary/aromatic N) is 1. The molecule has 2 fully saturated rings. The van der Waals surface area contributed by atoms with Gasteiger partial charge in [-0.15, -0.1) is 0 Å². The van der Waals surface area contributed by atoms with Gasteiger partial charge in [-0.3, -0.25) is 0 Å². The van der Waals surface area contributed by atoms with Crippen LogP contribution >= 0.6 is 0 Å². The van der Waals surface area contributed by atoms with E-state index in [1.54, 1.807) is 0 Å². The van der Waals surface area contributed by atoms with Gasteiger partial charge in [0.1, 0.15) is 6.17 Å². The number of unbranched alkanes of at least 4 members (excludes halogenated alkanes) is 3. The van der Waals surface area contributed by atoms with Gasteiger partial charge in [0.2, 0.25) is 0 Å². The molecule has 2 nitrogen and oxygen atoms in total. The number of benzene rings is 2. The molecule has 2 aromatic carbocycles. The lowest BCUT2D eigenvalue weighted by molar-refractivity contribution is 0.294. The van der Waals surface area contributed by atoms with Crippen molar-refractivity contribution in [2.24, 2.45) is 29.6 Å². The average Bonchev–Trinajstić information content (AvgIpc) is 4.00. The first-order valence-corrected chi connectivity index (χ1v) is 25.3. The molecule has 4 atom stereocenters. The van der Waals surface area contributed by atoms with Crippen molar-refractivity contribution in [3.05, 3.63) is 119 Å². The number of hydrogen-bond acceptors (Lipinski definition) is 2. The fourth-order valence-electron chi connectivity index (χ4n) is 9.12. The van der Waals surface area contributed by atoms with Crippen molar-refractivity contribution in [3.8, 4) is 11.1 Å². The van der Waals surface area contributed by atoms with E-state index in [0.717, 1.165) is 17.8 Å². The molecule has 1 aliphatic heterocycles. The van der Waals surface area contributed by atoms with Gasteiger partial charge in [-0.25, -0.2) is 0 Å². The van der Waals surface area contributed by atoms with E-state index >= 15 is 0 Å². The van der Waals surface area contributed by atoms with E-state index in [0.29, 0.717) is 29.8 Å². The first-order chi connectivity index (χ1) is 29.2. The summed E-state index contributed by atoms with van der Waals surface area (Å²) in [6.07, 6.45) is 26.8. The minimum Gasteiger partial charge on any atom is -0.370 e. The van der Waals surface area contributed by atoms with E-state index in [2.05, 4.69) is 173 Å². The first kappa shape index (κ1) is 55.8. The van der Waals surface area contributed by atoms with Crippen molar-refractivity contribution in [1.29, 1.82) is 0 Å². The highest BCUT2D eigenvalue weighted by Gasteiger charge is 2.33. The molecule has 5 rings (SSSR count). The number of rotatable bonds is 17. The summed E-state index contributed by atoms with van der Waals surface area (Å²) in [4.78, 5) is 2.50. The Hall–Kier alpha value is -3.26.